The second-order valence-corrected chi connectivity index (χ2v) is 14.4. The van der Waals surface area contributed by atoms with Crippen molar-refractivity contribution in [2.24, 2.45) is 0 Å². The molecule has 0 atom stereocenters. The van der Waals surface area contributed by atoms with Crippen LogP contribution >= 0.6 is 0 Å². The van der Waals surface area contributed by atoms with Gasteiger partial charge in [-0.1, -0.05) is 57.2 Å². The minimum absolute atomic E-state index is 0.233. The van der Waals surface area contributed by atoms with Gasteiger partial charge < -0.3 is 9.53 Å². The van der Waals surface area contributed by atoms with E-state index in [9.17, 15) is 4.79 Å². The molecule has 0 unspecified atom stereocenters. The largest absolute Gasteiger partial charge is 0.478 e. The first-order chi connectivity index (χ1) is 13.1. The minimum Gasteiger partial charge on any atom is -0.478 e. The van der Waals surface area contributed by atoms with Crippen molar-refractivity contribution < 1.29 is 14.3 Å². The summed E-state index contributed by atoms with van der Waals surface area (Å²) in [5.74, 6) is 0.268. The summed E-state index contributed by atoms with van der Waals surface area (Å²) in [5, 5.41) is 9.25. The lowest BCUT2D eigenvalue weighted by atomic mass is 9.68. The Kier molecular flexibility index (Phi) is 5.83. The molecule has 0 amide bonds. The molecule has 1 saturated carbocycles. The molecule has 1 aliphatic carbocycles. The summed E-state index contributed by atoms with van der Waals surface area (Å²) < 4.78 is 6.32. The van der Waals surface area contributed by atoms with Crippen molar-refractivity contribution in [3.05, 3.63) is 70.8 Å². The molecule has 28 heavy (non-hydrogen) atoms. The molecule has 1 N–H and O–H groups in total. The van der Waals surface area contributed by atoms with Gasteiger partial charge in [0.15, 0.2) is 8.32 Å². The Morgan fingerprint density at radius 1 is 0.964 bits per heavy atom. The summed E-state index contributed by atoms with van der Waals surface area (Å²) >= 11 is 0. The number of benzene rings is 2. The van der Waals surface area contributed by atoms with Gasteiger partial charge in [-0.05, 0) is 71.6 Å². The number of carboxylic acid groups (broad SMARTS) is 1. The second kappa shape index (κ2) is 7.84. The Morgan fingerprint density at radius 2 is 1.43 bits per heavy atom. The Morgan fingerprint density at radius 3 is 1.86 bits per heavy atom. The average Bonchev–Trinajstić information content (AvgIpc) is 2.59. The summed E-state index contributed by atoms with van der Waals surface area (Å²) in [6, 6.07) is 16.3. The summed E-state index contributed by atoms with van der Waals surface area (Å²) in [6.45, 7) is 12.1. The molecule has 3 nitrogen and oxygen atoms in total. The predicted molar refractivity (Wildman–Crippen MR) is 117 cm³/mol. The van der Waals surface area contributed by atoms with E-state index in [1.807, 2.05) is 12.1 Å². The van der Waals surface area contributed by atoms with Crippen LogP contribution in [0.4, 0.5) is 0 Å². The molecule has 4 heteroatoms. The molecule has 0 radical (unpaired) electrons. The predicted octanol–water partition coefficient (Wildman–Crippen LogP) is 6.57. The Bertz CT molecular complexity index is 810. The minimum atomic E-state index is -1.71. The zero-order valence-corrected chi connectivity index (χ0v) is 18.7. The van der Waals surface area contributed by atoms with E-state index in [2.05, 4.69) is 58.1 Å². The van der Waals surface area contributed by atoms with Crippen LogP contribution in [0.3, 0.4) is 0 Å². The van der Waals surface area contributed by atoms with E-state index in [0.717, 1.165) is 12.8 Å². The standard InChI is InChI=1S/C24H32O3Si/c1-24(2,3)28(4,5)27-16-17-6-8-18(9-7-17)21-14-22(15-21)19-10-12-20(13-11-19)23(25)26/h6-13,21-22H,14-16H2,1-5H3,(H,25,26). The second-order valence-electron chi connectivity index (χ2n) is 9.58. The van der Waals surface area contributed by atoms with Crippen molar-refractivity contribution in [1.82, 2.24) is 0 Å². The van der Waals surface area contributed by atoms with Crippen LogP contribution in [0, 0.1) is 0 Å². The summed E-state index contributed by atoms with van der Waals surface area (Å²) in [7, 11) is -1.71. The molecule has 0 bridgehead atoms. The fraction of sp³-hybridized carbons (Fsp3) is 0.458. The number of hydrogen-bond acceptors (Lipinski definition) is 2. The van der Waals surface area contributed by atoms with Gasteiger partial charge in [-0.2, -0.15) is 0 Å². The molecule has 0 aromatic heterocycles. The van der Waals surface area contributed by atoms with Gasteiger partial charge in [0, 0.05) is 0 Å². The molecular weight excluding hydrogens is 364 g/mol. The van der Waals surface area contributed by atoms with Gasteiger partial charge >= 0.3 is 5.97 Å². The first-order valence-corrected chi connectivity index (χ1v) is 13.0. The van der Waals surface area contributed by atoms with Crippen LogP contribution in [-0.2, 0) is 11.0 Å². The topological polar surface area (TPSA) is 46.5 Å². The van der Waals surface area contributed by atoms with E-state index < -0.39 is 14.3 Å². The quantitative estimate of drug-likeness (QED) is 0.562. The maximum Gasteiger partial charge on any atom is 0.335 e. The van der Waals surface area contributed by atoms with Gasteiger partial charge in [-0.15, -0.1) is 0 Å². The molecule has 2 aromatic carbocycles. The zero-order valence-electron chi connectivity index (χ0n) is 17.7. The van der Waals surface area contributed by atoms with Crippen LogP contribution in [0.15, 0.2) is 48.5 Å². The third-order valence-electron chi connectivity index (χ3n) is 6.62. The lowest BCUT2D eigenvalue weighted by Gasteiger charge is -2.37. The number of carbonyl (C=O) groups is 1. The lowest BCUT2D eigenvalue weighted by molar-refractivity contribution is 0.0697. The summed E-state index contributed by atoms with van der Waals surface area (Å²) in [5.41, 5.74) is 4.25. The maximum atomic E-state index is 11.0. The highest BCUT2D eigenvalue weighted by Crippen LogP contribution is 2.47. The number of hydrogen-bond donors (Lipinski definition) is 1. The highest BCUT2D eigenvalue weighted by Gasteiger charge is 2.37. The first-order valence-electron chi connectivity index (χ1n) is 10.1. The highest BCUT2D eigenvalue weighted by molar-refractivity contribution is 6.74. The highest BCUT2D eigenvalue weighted by atomic mass is 28.4. The van der Waals surface area contributed by atoms with Crippen molar-refractivity contribution in [3.63, 3.8) is 0 Å². The van der Waals surface area contributed by atoms with Crippen LogP contribution in [-0.4, -0.2) is 19.4 Å². The lowest BCUT2D eigenvalue weighted by Crippen LogP contribution is -2.40. The van der Waals surface area contributed by atoms with Gasteiger partial charge in [0.1, 0.15) is 0 Å². The van der Waals surface area contributed by atoms with E-state index in [4.69, 9.17) is 9.53 Å². The smallest absolute Gasteiger partial charge is 0.335 e. The fourth-order valence-electron chi connectivity index (χ4n) is 3.43. The van der Waals surface area contributed by atoms with Crippen LogP contribution in [0.2, 0.25) is 18.1 Å². The molecule has 1 fully saturated rings. The zero-order chi connectivity index (χ0) is 20.5. The van der Waals surface area contributed by atoms with Crippen molar-refractivity contribution in [2.45, 2.75) is 70.2 Å². The molecule has 150 valence electrons. The third kappa shape index (κ3) is 4.56. The fourth-order valence-corrected chi connectivity index (χ4v) is 4.39. The van der Waals surface area contributed by atoms with Crippen LogP contribution < -0.4 is 0 Å². The Labute approximate surface area is 169 Å². The van der Waals surface area contributed by atoms with Crippen LogP contribution in [0.25, 0.3) is 0 Å². The van der Waals surface area contributed by atoms with Crippen molar-refractivity contribution in [2.75, 3.05) is 0 Å². The van der Waals surface area contributed by atoms with Gasteiger partial charge in [0.2, 0.25) is 0 Å². The normalized spacial score (nSPS) is 19.9. The molecule has 0 aliphatic heterocycles. The first kappa shape index (κ1) is 20.8. The molecule has 3 rings (SSSR count). The summed E-state index contributed by atoms with van der Waals surface area (Å²) in [6.07, 6.45) is 2.26. The van der Waals surface area contributed by atoms with Gasteiger partial charge in [0.05, 0.1) is 12.2 Å². The van der Waals surface area contributed by atoms with E-state index in [-0.39, 0.29) is 5.04 Å². The third-order valence-corrected chi connectivity index (χ3v) is 11.1. The molecular formula is C24H32O3Si. The van der Waals surface area contributed by atoms with Gasteiger partial charge in [0.25, 0.3) is 0 Å². The maximum absolute atomic E-state index is 11.0. The summed E-state index contributed by atoms with van der Waals surface area (Å²) in [4.78, 5) is 11.0. The van der Waals surface area contributed by atoms with Crippen molar-refractivity contribution >= 4 is 14.3 Å². The van der Waals surface area contributed by atoms with E-state index in [1.165, 1.54) is 16.7 Å². The van der Waals surface area contributed by atoms with Crippen LogP contribution in [0.5, 0.6) is 0 Å². The Hall–Kier alpha value is -1.91. The van der Waals surface area contributed by atoms with Gasteiger partial charge in [-0.25, -0.2) is 4.79 Å². The van der Waals surface area contributed by atoms with E-state index in [1.54, 1.807) is 12.1 Å². The number of rotatable bonds is 6. The molecule has 2 aromatic rings. The van der Waals surface area contributed by atoms with E-state index in [0.29, 0.717) is 24.0 Å². The van der Waals surface area contributed by atoms with Crippen LogP contribution in [0.1, 0.15) is 72.5 Å². The Balaban J connectivity index is 1.53. The van der Waals surface area contributed by atoms with Crippen molar-refractivity contribution in [3.8, 4) is 0 Å². The van der Waals surface area contributed by atoms with Crippen molar-refractivity contribution in [1.29, 1.82) is 0 Å². The molecule has 0 saturated heterocycles. The molecule has 1 aliphatic rings. The monoisotopic (exact) mass is 396 g/mol. The SMILES string of the molecule is CC(C)(C)[Si](C)(C)OCc1ccc(C2CC(c3ccc(C(=O)O)cc3)C2)cc1. The average molecular weight is 397 g/mol. The van der Waals surface area contributed by atoms with Gasteiger partial charge in [-0.3, -0.25) is 0 Å². The number of aromatic carboxylic acids is 1. The number of carboxylic acids is 1. The molecule has 0 spiro atoms. The molecule has 0 heterocycles. The van der Waals surface area contributed by atoms with E-state index >= 15 is 0 Å².